The third kappa shape index (κ3) is 11.4. The van der Waals surface area contributed by atoms with Gasteiger partial charge in [-0.05, 0) is 113 Å². The number of Topliss-reactive ketones (excluding diaryl/α,β-unsaturated/α-hetero) is 1. The molecule has 1 aliphatic carbocycles. The third-order valence-electron chi connectivity index (χ3n) is 9.08. The fourth-order valence-corrected chi connectivity index (χ4v) is 6.11. The molecular formula is C42H59NO2. The number of allylic oxidation sites excluding steroid dienone is 5. The molecule has 0 saturated heterocycles. The Labute approximate surface area is 274 Å². The lowest BCUT2D eigenvalue weighted by atomic mass is 9.74. The number of rotatable bonds is 11. The molecule has 3 nitrogen and oxygen atoms in total. The van der Waals surface area contributed by atoms with Gasteiger partial charge in [0.2, 0.25) is 0 Å². The lowest BCUT2D eigenvalue weighted by Crippen LogP contribution is -2.18. The van der Waals surface area contributed by atoms with Crippen LogP contribution < -0.4 is 0 Å². The van der Waals surface area contributed by atoms with E-state index in [1.54, 1.807) is 6.92 Å². The summed E-state index contributed by atoms with van der Waals surface area (Å²) in [7, 11) is 0. The summed E-state index contributed by atoms with van der Waals surface area (Å²) in [5.41, 5.74) is 11.6. The lowest BCUT2D eigenvalue weighted by Gasteiger charge is -2.30. The number of carbonyl (C=O) groups is 1. The average molecular weight is 610 g/mol. The summed E-state index contributed by atoms with van der Waals surface area (Å²) >= 11 is 0. The van der Waals surface area contributed by atoms with Crippen LogP contribution in [0.3, 0.4) is 0 Å². The highest BCUT2D eigenvalue weighted by Crippen LogP contribution is 2.41. The van der Waals surface area contributed by atoms with Crippen LogP contribution in [0.15, 0.2) is 82.9 Å². The average Bonchev–Trinajstić information content (AvgIpc) is 3.34. The Morgan fingerprint density at radius 2 is 1.62 bits per heavy atom. The summed E-state index contributed by atoms with van der Waals surface area (Å²) in [6, 6.07) is 15.2. The van der Waals surface area contributed by atoms with E-state index in [4.69, 9.17) is 4.52 Å². The second-order valence-electron chi connectivity index (χ2n) is 13.3. The number of aromatic nitrogens is 1. The van der Waals surface area contributed by atoms with Crippen LogP contribution in [0.2, 0.25) is 0 Å². The topological polar surface area (TPSA) is 43.1 Å². The van der Waals surface area contributed by atoms with Gasteiger partial charge in [0, 0.05) is 17.9 Å². The monoisotopic (exact) mass is 609 g/mol. The van der Waals surface area contributed by atoms with Gasteiger partial charge < -0.3 is 4.52 Å². The maximum atomic E-state index is 11.3. The van der Waals surface area contributed by atoms with Crippen LogP contribution in [0.1, 0.15) is 131 Å². The standard InChI is InChI=1S/C24H33NO2.C16H20.C2H6/c1-16(2)24(6,7)15-22(23-18(4)25-27-19(23)5)13-12-20-8-10-21(11-9-20)14-17(3)26;1-12-9-10-16(13(2)11-12)14(3)15-7-5-4-6-8-15;1-2/h8-11,22H,1,12-15H2,2-7H3;5,7-11,14H,4,6H2,1-3H3;1-2H3. The smallest absolute Gasteiger partial charge is 0.137 e. The van der Waals surface area contributed by atoms with Gasteiger partial charge in [-0.25, -0.2) is 0 Å². The fourth-order valence-electron chi connectivity index (χ4n) is 6.11. The molecule has 0 saturated carbocycles. The Kier molecular flexibility index (Phi) is 15.0. The van der Waals surface area contributed by atoms with E-state index in [0.717, 1.165) is 36.3 Å². The zero-order valence-electron chi connectivity index (χ0n) is 30.1. The van der Waals surface area contributed by atoms with E-state index in [0.29, 0.717) is 18.3 Å². The summed E-state index contributed by atoms with van der Waals surface area (Å²) in [5, 5.41) is 4.18. The van der Waals surface area contributed by atoms with Crippen molar-refractivity contribution in [3.05, 3.63) is 123 Å². The molecule has 0 spiro atoms. The Morgan fingerprint density at radius 3 is 2.13 bits per heavy atom. The van der Waals surface area contributed by atoms with Crippen molar-refractivity contribution in [2.24, 2.45) is 5.41 Å². The Morgan fingerprint density at radius 1 is 0.978 bits per heavy atom. The van der Waals surface area contributed by atoms with Crippen molar-refractivity contribution < 1.29 is 9.32 Å². The third-order valence-corrected chi connectivity index (χ3v) is 9.08. The minimum absolute atomic E-state index is 0.0617. The van der Waals surface area contributed by atoms with Gasteiger partial charge in [-0.15, -0.1) is 0 Å². The highest BCUT2D eigenvalue weighted by molar-refractivity contribution is 5.78. The van der Waals surface area contributed by atoms with Crippen molar-refractivity contribution in [1.82, 2.24) is 5.16 Å². The minimum Gasteiger partial charge on any atom is -0.361 e. The number of carbonyl (C=O) groups excluding carboxylic acids is 1. The number of benzene rings is 2. The lowest BCUT2D eigenvalue weighted by molar-refractivity contribution is -0.116. The quantitative estimate of drug-likeness (QED) is 0.203. The Balaban J connectivity index is 0.000000332. The van der Waals surface area contributed by atoms with Crippen LogP contribution in [0.5, 0.6) is 0 Å². The Bertz CT molecular complexity index is 1430. The molecule has 0 fully saturated rings. The number of nitrogens with zero attached hydrogens (tertiary/aromatic N) is 1. The summed E-state index contributed by atoms with van der Waals surface area (Å²) in [6.07, 6.45) is 12.9. The van der Waals surface area contributed by atoms with E-state index in [2.05, 4.69) is 114 Å². The van der Waals surface area contributed by atoms with Crippen LogP contribution in [0.4, 0.5) is 0 Å². The molecule has 1 heterocycles. The number of hydrogen-bond donors (Lipinski definition) is 0. The van der Waals surface area contributed by atoms with Gasteiger partial charge in [-0.3, -0.25) is 4.79 Å². The molecule has 244 valence electrons. The zero-order chi connectivity index (χ0) is 33.7. The molecule has 1 aliphatic rings. The predicted octanol–water partition coefficient (Wildman–Crippen LogP) is 11.8. The summed E-state index contributed by atoms with van der Waals surface area (Å²) in [6.45, 7) is 27.2. The number of aryl methyl sites for hydroxylation is 5. The summed E-state index contributed by atoms with van der Waals surface area (Å²) < 4.78 is 5.45. The van der Waals surface area contributed by atoms with Gasteiger partial charge in [-0.2, -0.15) is 0 Å². The van der Waals surface area contributed by atoms with E-state index in [-0.39, 0.29) is 11.2 Å². The van der Waals surface area contributed by atoms with Crippen molar-refractivity contribution >= 4 is 5.78 Å². The maximum absolute atomic E-state index is 11.3. The van der Waals surface area contributed by atoms with Crippen molar-refractivity contribution in [2.45, 2.75) is 127 Å². The molecule has 2 atom stereocenters. The van der Waals surface area contributed by atoms with E-state index >= 15 is 0 Å². The molecule has 0 radical (unpaired) electrons. The summed E-state index contributed by atoms with van der Waals surface area (Å²) in [4.78, 5) is 11.3. The van der Waals surface area contributed by atoms with Crippen LogP contribution in [-0.4, -0.2) is 10.9 Å². The molecule has 2 aromatic carbocycles. The highest BCUT2D eigenvalue weighted by Gasteiger charge is 2.28. The van der Waals surface area contributed by atoms with E-state index in [1.165, 1.54) is 51.8 Å². The van der Waals surface area contributed by atoms with Crippen molar-refractivity contribution in [3.63, 3.8) is 0 Å². The van der Waals surface area contributed by atoms with E-state index in [9.17, 15) is 4.79 Å². The van der Waals surface area contributed by atoms with Gasteiger partial charge in [0.1, 0.15) is 11.5 Å². The molecule has 1 aromatic heterocycles. The normalized spacial score (nSPS) is 13.9. The van der Waals surface area contributed by atoms with Gasteiger partial charge in [0.25, 0.3) is 0 Å². The molecule has 0 bridgehead atoms. The molecule has 4 rings (SSSR count). The molecule has 0 aliphatic heterocycles. The minimum atomic E-state index is 0.0617. The van der Waals surface area contributed by atoms with Crippen molar-refractivity contribution in [2.75, 3.05) is 0 Å². The maximum Gasteiger partial charge on any atom is 0.137 e. The van der Waals surface area contributed by atoms with E-state index < -0.39 is 0 Å². The van der Waals surface area contributed by atoms with Gasteiger partial charge in [-0.1, -0.05) is 118 Å². The zero-order valence-corrected chi connectivity index (χ0v) is 30.1. The largest absolute Gasteiger partial charge is 0.361 e. The van der Waals surface area contributed by atoms with Gasteiger partial charge in [0.15, 0.2) is 0 Å². The second-order valence-corrected chi connectivity index (χ2v) is 13.3. The molecule has 0 amide bonds. The molecule has 3 aromatic rings. The first kappa shape index (κ1) is 37.7. The van der Waals surface area contributed by atoms with Gasteiger partial charge in [0.05, 0.1) is 5.69 Å². The first-order chi connectivity index (χ1) is 21.3. The molecule has 2 unspecified atom stereocenters. The first-order valence-electron chi connectivity index (χ1n) is 16.9. The highest BCUT2D eigenvalue weighted by atomic mass is 16.5. The van der Waals surface area contributed by atoms with Crippen molar-refractivity contribution in [3.8, 4) is 0 Å². The van der Waals surface area contributed by atoms with Crippen molar-refractivity contribution in [1.29, 1.82) is 0 Å². The van der Waals surface area contributed by atoms with Crippen LogP contribution in [0, 0.1) is 33.1 Å². The van der Waals surface area contributed by atoms with Crippen LogP contribution in [-0.2, 0) is 17.6 Å². The van der Waals surface area contributed by atoms with Gasteiger partial charge >= 0.3 is 0 Å². The fraction of sp³-hybridized carbons (Fsp3) is 0.476. The molecular weight excluding hydrogens is 550 g/mol. The number of ketones is 1. The second kappa shape index (κ2) is 17.9. The summed E-state index contributed by atoms with van der Waals surface area (Å²) in [5.74, 6) is 2.02. The molecule has 45 heavy (non-hydrogen) atoms. The predicted molar refractivity (Wildman–Crippen MR) is 193 cm³/mol. The number of hydrogen-bond acceptors (Lipinski definition) is 3. The molecule has 3 heteroatoms. The van der Waals surface area contributed by atoms with Crippen LogP contribution in [0.25, 0.3) is 0 Å². The van der Waals surface area contributed by atoms with E-state index in [1.807, 2.05) is 27.7 Å². The molecule has 0 N–H and O–H groups in total. The SMILES string of the molecule is C=C(C)C(C)(C)CC(CCc1ccc(CC(C)=O)cc1)c1c(C)noc1C.CC.Cc1ccc(C(C)C2=CCCC=C2)c(C)c1. The van der Waals surface area contributed by atoms with Crippen LogP contribution >= 0.6 is 0 Å². The first-order valence-corrected chi connectivity index (χ1v) is 16.9. The Hall–Kier alpha value is -3.46.